The Labute approximate surface area is 193 Å². The highest BCUT2D eigenvalue weighted by Gasteiger charge is 1.98. The SMILES string of the molecule is CCCCCCCCCCCCCl.Cl.Nc1ccc(N=Nc2ccccc2)c(N)n1. The Hall–Kier alpha value is -1.85. The molecular formula is C23H37Cl2N5. The molecule has 0 fully saturated rings. The van der Waals surface area contributed by atoms with E-state index in [1.165, 1.54) is 64.2 Å². The fraction of sp³-hybridized carbons (Fsp3) is 0.522. The van der Waals surface area contributed by atoms with E-state index in [0.29, 0.717) is 11.5 Å². The van der Waals surface area contributed by atoms with Crippen LogP contribution in [-0.2, 0) is 0 Å². The molecule has 1 aromatic heterocycles. The van der Waals surface area contributed by atoms with Gasteiger partial charge < -0.3 is 11.5 Å². The number of anilines is 2. The van der Waals surface area contributed by atoms with E-state index in [1.54, 1.807) is 12.1 Å². The van der Waals surface area contributed by atoms with Crippen molar-refractivity contribution in [2.75, 3.05) is 17.3 Å². The number of unbranched alkanes of at least 4 members (excludes halogenated alkanes) is 9. The van der Waals surface area contributed by atoms with Gasteiger partial charge in [0.1, 0.15) is 11.5 Å². The highest BCUT2D eigenvalue weighted by atomic mass is 35.5. The molecule has 2 aromatic rings. The highest BCUT2D eigenvalue weighted by molar-refractivity contribution is 6.17. The first-order valence-electron chi connectivity index (χ1n) is 10.7. The summed E-state index contributed by atoms with van der Waals surface area (Å²) in [4.78, 5) is 3.89. The Bertz CT molecular complexity index is 671. The van der Waals surface area contributed by atoms with Gasteiger partial charge in [-0.2, -0.15) is 5.11 Å². The molecule has 0 unspecified atom stereocenters. The predicted molar refractivity (Wildman–Crippen MR) is 133 cm³/mol. The number of nitrogens with zero attached hydrogens (tertiary/aromatic N) is 3. The number of pyridine rings is 1. The summed E-state index contributed by atoms with van der Waals surface area (Å²) in [5, 5.41) is 8.03. The second-order valence-corrected chi connectivity index (χ2v) is 7.42. The van der Waals surface area contributed by atoms with Crippen molar-refractivity contribution in [3.63, 3.8) is 0 Å². The first-order chi connectivity index (χ1) is 14.2. The Morgan fingerprint density at radius 3 is 1.87 bits per heavy atom. The number of hydrogen-bond donors (Lipinski definition) is 2. The van der Waals surface area contributed by atoms with Gasteiger partial charge in [-0.3, -0.25) is 0 Å². The normalized spacial score (nSPS) is 10.3. The Morgan fingerprint density at radius 2 is 1.33 bits per heavy atom. The molecular weight excluding hydrogens is 417 g/mol. The number of alkyl halides is 1. The van der Waals surface area contributed by atoms with E-state index in [2.05, 4.69) is 22.1 Å². The average Bonchev–Trinajstić information content (AvgIpc) is 2.73. The number of azo groups is 1. The van der Waals surface area contributed by atoms with Crippen molar-refractivity contribution < 1.29 is 0 Å². The molecule has 0 aliphatic rings. The van der Waals surface area contributed by atoms with Crippen LogP contribution >= 0.6 is 24.0 Å². The molecule has 0 bridgehead atoms. The van der Waals surface area contributed by atoms with Gasteiger partial charge in [-0.25, -0.2) is 4.98 Å². The lowest BCUT2D eigenvalue weighted by Crippen LogP contribution is -1.95. The van der Waals surface area contributed by atoms with Gasteiger partial charge in [0.2, 0.25) is 0 Å². The van der Waals surface area contributed by atoms with Gasteiger partial charge in [-0.1, -0.05) is 82.9 Å². The third kappa shape index (κ3) is 14.2. The molecule has 0 aliphatic heterocycles. The summed E-state index contributed by atoms with van der Waals surface area (Å²) >= 11 is 5.60. The van der Waals surface area contributed by atoms with Crippen molar-refractivity contribution >= 4 is 47.0 Å². The number of benzene rings is 1. The Kier molecular flexibility index (Phi) is 18.0. The van der Waals surface area contributed by atoms with Crippen LogP contribution in [0.15, 0.2) is 52.7 Å². The van der Waals surface area contributed by atoms with Gasteiger partial charge in [0, 0.05) is 5.88 Å². The lowest BCUT2D eigenvalue weighted by molar-refractivity contribution is 0.563. The zero-order valence-corrected chi connectivity index (χ0v) is 19.7. The maximum Gasteiger partial charge on any atom is 0.153 e. The van der Waals surface area contributed by atoms with Gasteiger partial charge in [0.25, 0.3) is 0 Å². The average molecular weight is 454 g/mol. The first kappa shape index (κ1) is 28.1. The molecule has 1 heterocycles. The minimum absolute atomic E-state index is 0. The first-order valence-corrected chi connectivity index (χ1v) is 11.3. The van der Waals surface area contributed by atoms with E-state index in [9.17, 15) is 0 Å². The van der Waals surface area contributed by atoms with Gasteiger partial charge >= 0.3 is 0 Å². The number of halogens is 2. The summed E-state index contributed by atoms with van der Waals surface area (Å²) < 4.78 is 0. The summed E-state index contributed by atoms with van der Waals surface area (Å²) in [6.45, 7) is 2.27. The van der Waals surface area contributed by atoms with Crippen LogP contribution in [0.1, 0.15) is 71.1 Å². The smallest absolute Gasteiger partial charge is 0.153 e. The lowest BCUT2D eigenvalue weighted by Gasteiger charge is -2.00. The van der Waals surface area contributed by atoms with Crippen LogP contribution in [0, 0.1) is 0 Å². The van der Waals surface area contributed by atoms with E-state index in [1.807, 2.05) is 30.3 Å². The number of nitrogens with two attached hydrogens (primary N) is 2. The summed E-state index contributed by atoms with van der Waals surface area (Å²) in [5.74, 6) is 1.49. The predicted octanol–water partition coefficient (Wildman–Crippen LogP) is 8.23. The second kappa shape index (κ2) is 19.1. The highest BCUT2D eigenvalue weighted by Crippen LogP contribution is 2.23. The molecule has 5 nitrogen and oxygen atoms in total. The molecule has 0 atom stereocenters. The van der Waals surface area contributed by atoms with Crippen LogP contribution in [-0.4, -0.2) is 10.9 Å². The fourth-order valence-electron chi connectivity index (χ4n) is 2.76. The van der Waals surface area contributed by atoms with Crippen LogP contribution in [0.2, 0.25) is 0 Å². The minimum Gasteiger partial charge on any atom is -0.384 e. The summed E-state index contributed by atoms with van der Waals surface area (Å²) in [7, 11) is 0. The maximum absolute atomic E-state index is 5.64. The van der Waals surface area contributed by atoms with Gasteiger partial charge in [0.05, 0.1) is 5.69 Å². The third-order valence-electron chi connectivity index (χ3n) is 4.44. The standard InChI is InChI=1S/C12H25Cl.C11H11N5.ClH/c1-2-3-4-5-6-7-8-9-10-11-12-13;12-10-7-6-9(11(13)14-10)16-15-8-4-2-1-3-5-8;/h2-12H2,1H3;1-7H,(H4,12,13,14);1H. The fourth-order valence-corrected chi connectivity index (χ4v) is 2.95. The quantitative estimate of drug-likeness (QED) is 0.192. The molecule has 0 amide bonds. The zero-order valence-electron chi connectivity index (χ0n) is 18.1. The van der Waals surface area contributed by atoms with Crippen molar-refractivity contribution in [2.45, 2.75) is 71.1 Å². The number of nitrogen functional groups attached to an aromatic ring is 2. The second-order valence-electron chi connectivity index (χ2n) is 7.05. The van der Waals surface area contributed by atoms with E-state index in [4.69, 9.17) is 23.1 Å². The molecule has 0 spiro atoms. The van der Waals surface area contributed by atoms with Crippen molar-refractivity contribution in [1.82, 2.24) is 4.98 Å². The molecule has 0 saturated heterocycles. The maximum atomic E-state index is 5.64. The molecule has 30 heavy (non-hydrogen) atoms. The van der Waals surface area contributed by atoms with Crippen LogP contribution in [0.3, 0.4) is 0 Å². The van der Waals surface area contributed by atoms with Crippen molar-refractivity contribution in [3.05, 3.63) is 42.5 Å². The lowest BCUT2D eigenvalue weighted by atomic mass is 10.1. The monoisotopic (exact) mass is 453 g/mol. The van der Waals surface area contributed by atoms with Gasteiger partial charge in [0.15, 0.2) is 5.82 Å². The molecule has 0 aliphatic carbocycles. The summed E-state index contributed by atoms with van der Waals surface area (Å²) in [5.41, 5.74) is 12.4. The molecule has 7 heteroatoms. The molecule has 4 N–H and O–H groups in total. The molecule has 0 radical (unpaired) electrons. The number of aromatic nitrogens is 1. The van der Waals surface area contributed by atoms with E-state index in [-0.39, 0.29) is 18.2 Å². The molecule has 168 valence electrons. The zero-order chi connectivity index (χ0) is 21.2. The molecule has 1 aromatic carbocycles. The summed E-state index contributed by atoms with van der Waals surface area (Å²) in [6, 6.07) is 12.7. The van der Waals surface area contributed by atoms with Crippen LogP contribution in [0.25, 0.3) is 0 Å². The Morgan fingerprint density at radius 1 is 0.767 bits per heavy atom. The van der Waals surface area contributed by atoms with Crippen LogP contribution in [0.5, 0.6) is 0 Å². The topological polar surface area (TPSA) is 89.6 Å². The largest absolute Gasteiger partial charge is 0.384 e. The van der Waals surface area contributed by atoms with Gasteiger partial charge in [-0.05, 0) is 30.7 Å². The Balaban J connectivity index is 0.000000557. The molecule has 2 rings (SSSR count). The number of hydrogen-bond acceptors (Lipinski definition) is 5. The third-order valence-corrected chi connectivity index (χ3v) is 4.71. The van der Waals surface area contributed by atoms with E-state index < -0.39 is 0 Å². The number of rotatable bonds is 12. The minimum atomic E-state index is 0. The van der Waals surface area contributed by atoms with Gasteiger partial charge in [-0.15, -0.1) is 29.1 Å². The van der Waals surface area contributed by atoms with E-state index >= 15 is 0 Å². The molecule has 0 saturated carbocycles. The van der Waals surface area contributed by atoms with Crippen molar-refractivity contribution in [1.29, 1.82) is 0 Å². The summed E-state index contributed by atoms with van der Waals surface area (Å²) in [6.07, 6.45) is 13.9. The van der Waals surface area contributed by atoms with E-state index in [0.717, 1.165) is 11.6 Å². The van der Waals surface area contributed by atoms with Crippen molar-refractivity contribution in [2.24, 2.45) is 10.2 Å². The van der Waals surface area contributed by atoms with Crippen molar-refractivity contribution in [3.8, 4) is 0 Å². The van der Waals surface area contributed by atoms with Crippen LogP contribution < -0.4 is 11.5 Å². The van der Waals surface area contributed by atoms with Crippen LogP contribution in [0.4, 0.5) is 23.0 Å².